The smallest absolute Gasteiger partial charge is 0.244 e. The highest BCUT2D eigenvalue weighted by molar-refractivity contribution is 5.83. The maximum atomic E-state index is 13.2. The van der Waals surface area contributed by atoms with E-state index in [9.17, 15) is 9.18 Å². The van der Waals surface area contributed by atoms with Crippen LogP contribution in [0.3, 0.4) is 0 Å². The largest absolute Gasteiger partial charge is 0.337 e. The van der Waals surface area contributed by atoms with E-state index in [1.165, 1.54) is 12.1 Å². The van der Waals surface area contributed by atoms with E-state index < -0.39 is 6.04 Å². The van der Waals surface area contributed by atoms with E-state index in [2.05, 4.69) is 4.98 Å². The van der Waals surface area contributed by atoms with Gasteiger partial charge in [0.25, 0.3) is 0 Å². The average molecular weight is 329 g/mol. The Hall–Kier alpha value is -2.27. The molecule has 0 spiro atoms. The summed E-state index contributed by atoms with van der Waals surface area (Å²) in [7, 11) is 3.72. The molecule has 0 aliphatic carbocycles. The number of carbonyl (C=O) groups excluding carboxylic acids is 1. The number of aromatic nitrogens is 1. The van der Waals surface area contributed by atoms with E-state index in [1.54, 1.807) is 24.5 Å². The molecule has 0 saturated carbocycles. The minimum Gasteiger partial charge on any atom is -0.337 e. The number of hydrogen-bond donors (Lipinski definition) is 0. The van der Waals surface area contributed by atoms with Gasteiger partial charge < -0.3 is 4.90 Å². The van der Waals surface area contributed by atoms with E-state index in [0.717, 1.165) is 17.5 Å². The van der Waals surface area contributed by atoms with Gasteiger partial charge >= 0.3 is 0 Å². The molecule has 1 atom stereocenters. The highest BCUT2D eigenvalue weighted by Crippen LogP contribution is 2.22. The molecule has 24 heavy (non-hydrogen) atoms. The van der Waals surface area contributed by atoms with Crippen LogP contribution >= 0.6 is 0 Å². The van der Waals surface area contributed by atoms with Gasteiger partial charge in [-0.2, -0.15) is 0 Å². The van der Waals surface area contributed by atoms with Crippen molar-refractivity contribution >= 4 is 5.91 Å². The first-order chi connectivity index (χ1) is 11.5. The Morgan fingerprint density at radius 1 is 1.21 bits per heavy atom. The first kappa shape index (κ1) is 18.1. The van der Waals surface area contributed by atoms with Gasteiger partial charge in [-0.1, -0.05) is 25.1 Å². The molecule has 1 heterocycles. The van der Waals surface area contributed by atoms with Crippen molar-refractivity contribution in [1.82, 2.24) is 14.8 Å². The first-order valence-electron chi connectivity index (χ1n) is 8.12. The molecule has 0 radical (unpaired) electrons. The van der Waals surface area contributed by atoms with Crippen molar-refractivity contribution in [2.45, 2.75) is 25.9 Å². The summed E-state index contributed by atoms with van der Waals surface area (Å²) in [6.45, 7) is 3.23. The number of pyridine rings is 1. The lowest BCUT2D eigenvalue weighted by Gasteiger charge is -2.31. The number of likely N-dealkylation sites (N-methyl/N-ethyl adjacent to an activating group) is 1. The van der Waals surface area contributed by atoms with Crippen LogP contribution in [0, 0.1) is 5.82 Å². The molecule has 5 heteroatoms. The van der Waals surface area contributed by atoms with Gasteiger partial charge in [-0.3, -0.25) is 14.7 Å². The molecule has 128 valence electrons. The number of rotatable bonds is 7. The van der Waals surface area contributed by atoms with Gasteiger partial charge in [0.15, 0.2) is 0 Å². The summed E-state index contributed by atoms with van der Waals surface area (Å²) >= 11 is 0. The standard InChI is InChI=1S/C19H24FN3O/c1-4-12-23(14-15-6-5-11-21-13-15)19(24)18(22(2)3)16-7-9-17(20)10-8-16/h5-11,13,18H,4,12,14H2,1-3H3. The van der Waals surface area contributed by atoms with Crippen LogP contribution in [-0.2, 0) is 11.3 Å². The van der Waals surface area contributed by atoms with Crippen molar-refractivity contribution in [2.75, 3.05) is 20.6 Å². The van der Waals surface area contributed by atoms with E-state index in [1.807, 2.05) is 43.0 Å². The molecule has 1 unspecified atom stereocenters. The molecule has 0 aliphatic rings. The topological polar surface area (TPSA) is 36.4 Å². The number of halogens is 1. The SMILES string of the molecule is CCCN(Cc1cccnc1)C(=O)C(c1ccc(F)cc1)N(C)C. The molecule has 0 bridgehead atoms. The maximum Gasteiger partial charge on any atom is 0.244 e. The van der Waals surface area contributed by atoms with Gasteiger partial charge in [0, 0.05) is 25.5 Å². The zero-order valence-electron chi connectivity index (χ0n) is 14.4. The van der Waals surface area contributed by atoms with Gasteiger partial charge in [-0.25, -0.2) is 4.39 Å². The fraction of sp³-hybridized carbons (Fsp3) is 0.368. The lowest BCUT2D eigenvalue weighted by molar-refractivity contribution is -0.137. The quantitative estimate of drug-likeness (QED) is 0.782. The number of amides is 1. The van der Waals surface area contributed by atoms with Crippen LogP contribution in [0.15, 0.2) is 48.8 Å². The molecule has 2 aromatic rings. The summed E-state index contributed by atoms with van der Waals surface area (Å²) in [5, 5.41) is 0. The Kier molecular flexibility index (Phi) is 6.44. The molecule has 1 aromatic carbocycles. The van der Waals surface area contributed by atoms with Crippen LogP contribution in [0.5, 0.6) is 0 Å². The van der Waals surface area contributed by atoms with Crippen molar-refractivity contribution in [3.05, 3.63) is 65.7 Å². The Balaban J connectivity index is 2.25. The first-order valence-corrected chi connectivity index (χ1v) is 8.12. The Bertz CT molecular complexity index is 643. The van der Waals surface area contributed by atoms with Crippen molar-refractivity contribution in [1.29, 1.82) is 0 Å². The van der Waals surface area contributed by atoms with E-state index >= 15 is 0 Å². The monoisotopic (exact) mass is 329 g/mol. The molecule has 1 amide bonds. The number of nitrogens with zero attached hydrogens (tertiary/aromatic N) is 3. The molecule has 0 fully saturated rings. The van der Waals surface area contributed by atoms with E-state index in [4.69, 9.17) is 0 Å². The predicted molar refractivity (Wildman–Crippen MR) is 92.8 cm³/mol. The Morgan fingerprint density at radius 3 is 2.46 bits per heavy atom. The second-order valence-electron chi connectivity index (χ2n) is 6.04. The van der Waals surface area contributed by atoms with Gasteiger partial charge in [0.2, 0.25) is 5.91 Å². The fourth-order valence-corrected chi connectivity index (χ4v) is 2.73. The highest BCUT2D eigenvalue weighted by Gasteiger charge is 2.27. The van der Waals surface area contributed by atoms with Crippen LogP contribution in [0.25, 0.3) is 0 Å². The third kappa shape index (κ3) is 4.61. The van der Waals surface area contributed by atoms with Crippen molar-refractivity contribution in [3.63, 3.8) is 0 Å². The normalized spacial score (nSPS) is 12.2. The fourth-order valence-electron chi connectivity index (χ4n) is 2.73. The number of hydrogen-bond acceptors (Lipinski definition) is 3. The molecular weight excluding hydrogens is 305 g/mol. The van der Waals surface area contributed by atoms with Gasteiger partial charge in [0.05, 0.1) is 0 Å². The van der Waals surface area contributed by atoms with Crippen LogP contribution in [0.2, 0.25) is 0 Å². The molecule has 1 aromatic heterocycles. The van der Waals surface area contributed by atoms with Crippen LogP contribution in [0.4, 0.5) is 4.39 Å². The Morgan fingerprint density at radius 2 is 1.92 bits per heavy atom. The lowest BCUT2D eigenvalue weighted by atomic mass is 10.0. The summed E-state index contributed by atoms with van der Waals surface area (Å²) in [6.07, 6.45) is 4.37. The van der Waals surface area contributed by atoms with E-state index in [-0.39, 0.29) is 11.7 Å². The van der Waals surface area contributed by atoms with Crippen molar-refractivity contribution in [2.24, 2.45) is 0 Å². The third-order valence-electron chi connectivity index (χ3n) is 3.84. The van der Waals surface area contributed by atoms with Crippen molar-refractivity contribution in [3.8, 4) is 0 Å². The van der Waals surface area contributed by atoms with Gasteiger partial charge in [0.1, 0.15) is 11.9 Å². The van der Waals surface area contributed by atoms with Gasteiger partial charge in [-0.05, 0) is 49.8 Å². The zero-order chi connectivity index (χ0) is 17.5. The predicted octanol–water partition coefficient (Wildman–Crippen LogP) is 3.26. The molecular formula is C19H24FN3O. The van der Waals surface area contributed by atoms with Crippen LogP contribution in [0.1, 0.15) is 30.5 Å². The highest BCUT2D eigenvalue weighted by atomic mass is 19.1. The Labute approximate surface area is 142 Å². The minimum atomic E-state index is -0.436. The summed E-state index contributed by atoms with van der Waals surface area (Å²) in [6, 6.07) is 9.53. The molecule has 2 rings (SSSR count). The summed E-state index contributed by atoms with van der Waals surface area (Å²) < 4.78 is 13.2. The maximum absolute atomic E-state index is 13.2. The second-order valence-corrected chi connectivity index (χ2v) is 6.04. The van der Waals surface area contributed by atoms with Gasteiger partial charge in [-0.15, -0.1) is 0 Å². The summed E-state index contributed by atoms with van der Waals surface area (Å²) in [5.74, 6) is -0.290. The zero-order valence-corrected chi connectivity index (χ0v) is 14.4. The molecule has 0 saturated heterocycles. The summed E-state index contributed by atoms with van der Waals surface area (Å²) in [5.41, 5.74) is 1.79. The second kappa shape index (κ2) is 8.55. The third-order valence-corrected chi connectivity index (χ3v) is 3.84. The van der Waals surface area contributed by atoms with E-state index in [0.29, 0.717) is 13.1 Å². The molecule has 0 aliphatic heterocycles. The number of benzene rings is 1. The summed E-state index contributed by atoms with van der Waals surface area (Å²) in [4.78, 5) is 21.0. The van der Waals surface area contributed by atoms with Crippen LogP contribution < -0.4 is 0 Å². The average Bonchev–Trinajstić information content (AvgIpc) is 2.57. The number of carbonyl (C=O) groups is 1. The van der Waals surface area contributed by atoms with Crippen LogP contribution in [-0.4, -0.2) is 41.3 Å². The minimum absolute atomic E-state index is 0.0114. The molecule has 4 nitrogen and oxygen atoms in total. The van der Waals surface area contributed by atoms with Crippen molar-refractivity contribution < 1.29 is 9.18 Å². The molecule has 0 N–H and O–H groups in total. The lowest BCUT2D eigenvalue weighted by Crippen LogP contribution is -2.40.